The standard InChI is InChI=1S/C22H17F3N6O2/c23-22(24,25)18(11-16(26)15-2-1-8-27-12-15)28-19-5-6-20(31-30-19)29-21(32)14-3-4-17-13(10-14)7-9-33-17/h1-6,8,10-12H,7,9,26H2,(H,29,31,32). The van der Waals surface area contributed by atoms with E-state index in [9.17, 15) is 18.0 Å². The Labute approximate surface area is 186 Å². The van der Waals surface area contributed by atoms with Crippen molar-refractivity contribution >= 4 is 29.0 Å². The van der Waals surface area contributed by atoms with Crippen molar-refractivity contribution in [1.82, 2.24) is 15.2 Å². The molecule has 3 N–H and O–H groups in total. The number of fused-ring (bicyclic) bond motifs is 1. The number of anilines is 1. The average Bonchev–Trinajstić information content (AvgIpc) is 3.27. The fraction of sp³-hybridized carbons (Fsp3) is 0.136. The lowest BCUT2D eigenvalue weighted by molar-refractivity contribution is -0.0576. The van der Waals surface area contributed by atoms with Gasteiger partial charge in [0.15, 0.2) is 11.6 Å². The Bertz CT molecular complexity index is 1230. The van der Waals surface area contributed by atoms with Gasteiger partial charge in [-0.1, -0.05) is 0 Å². The van der Waals surface area contributed by atoms with E-state index in [1.165, 1.54) is 30.6 Å². The van der Waals surface area contributed by atoms with Crippen molar-refractivity contribution in [1.29, 1.82) is 0 Å². The first-order valence-corrected chi connectivity index (χ1v) is 9.74. The Morgan fingerprint density at radius 2 is 2.00 bits per heavy atom. The van der Waals surface area contributed by atoms with E-state index < -0.39 is 17.8 Å². The second-order valence-electron chi connectivity index (χ2n) is 6.99. The smallest absolute Gasteiger partial charge is 0.433 e. The van der Waals surface area contributed by atoms with Crippen LogP contribution in [0.4, 0.5) is 24.8 Å². The van der Waals surface area contributed by atoms with Crippen LogP contribution in [-0.4, -0.2) is 39.6 Å². The number of hydrogen-bond acceptors (Lipinski definition) is 7. The number of ether oxygens (including phenoxy) is 1. The summed E-state index contributed by atoms with van der Waals surface area (Å²) in [5.74, 6) is 0.0746. The number of allylic oxidation sites excluding steroid dienone is 1. The highest BCUT2D eigenvalue weighted by atomic mass is 19.4. The molecule has 1 aromatic carbocycles. The van der Waals surface area contributed by atoms with E-state index >= 15 is 0 Å². The molecule has 4 rings (SSSR count). The SMILES string of the molecule is NC(=CC(=Nc1ccc(NC(=O)c2ccc3c(c2)CCO3)nn1)C(F)(F)F)c1cccnc1. The highest BCUT2D eigenvalue weighted by Gasteiger charge is 2.34. The highest BCUT2D eigenvalue weighted by molar-refractivity contribution is 6.05. The van der Waals surface area contributed by atoms with Crippen molar-refractivity contribution in [3.63, 3.8) is 0 Å². The summed E-state index contributed by atoms with van der Waals surface area (Å²) in [6, 6.07) is 10.6. The number of nitrogens with one attached hydrogen (secondary N) is 1. The number of halogens is 3. The van der Waals surface area contributed by atoms with Crippen LogP contribution in [0.2, 0.25) is 0 Å². The van der Waals surface area contributed by atoms with E-state index in [1.54, 1.807) is 24.3 Å². The molecule has 0 fully saturated rings. The Balaban J connectivity index is 1.51. The summed E-state index contributed by atoms with van der Waals surface area (Å²) in [5, 5.41) is 9.96. The maximum absolute atomic E-state index is 13.5. The number of carbonyl (C=O) groups is 1. The molecule has 0 aliphatic carbocycles. The number of amides is 1. The van der Waals surface area contributed by atoms with Crippen molar-refractivity contribution in [3.8, 4) is 5.75 Å². The Morgan fingerprint density at radius 3 is 2.70 bits per heavy atom. The van der Waals surface area contributed by atoms with Gasteiger partial charge in [-0.3, -0.25) is 9.78 Å². The molecule has 33 heavy (non-hydrogen) atoms. The zero-order chi connectivity index (χ0) is 23.4. The van der Waals surface area contributed by atoms with E-state index in [4.69, 9.17) is 10.5 Å². The number of carbonyl (C=O) groups excluding carboxylic acids is 1. The number of alkyl halides is 3. The summed E-state index contributed by atoms with van der Waals surface area (Å²) in [7, 11) is 0. The number of hydrogen-bond donors (Lipinski definition) is 2. The topological polar surface area (TPSA) is 115 Å². The number of nitrogens with two attached hydrogens (primary N) is 1. The lowest BCUT2D eigenvalue weighted by Crippen LogP contribution is -2.22. The third-order valence-electron chi connectivity index (χ3n) is 4.66. The Kier molecular flexibility index (Phi) is 6.03. The molecule has 0 spiro atoms. The molecule has 0 saturated heterocycles. The fourth-order valence-electron chi connectivity index (χ4n) is 3.03. The van der Waals surface area contributed by atoms with Crippen LogP contribution in [0.5, 0.6) is 5.75 Å². The van der Waals surface area contributed by atoms with Crippen LogP contribution in [-0.2, 0) is 6.42 Å². The molecular formula is C22H17F3N6O2. The lowest BCUT2D eigenvalue weighted by atomic mass is 10.1. The summed E-state index contributed by atoms with van der Waals surface area (Å²) in [6.07, 6.45) is -0.551. The molecule has 0 unspecified atom stereocenters. The Hall–Kier alpha value is -4.28. The minimum absolute atomic E-state index is 0.0645. The predicted octanol–water partition coefficient (Wildman–Crippen LogP) is 3.69. The van der Waals surface area contributed by atoms with Crippen LogP contribution in [0.25, 0.3) is 5.70 Å². The van der Waals surface area contributed by atoms with E-state index in [0.29, 0.717) is 30.2 Å². The van der Waals surface area contributed by atoms with Gasteiger partial charge in [0.05, 0.1) is 6.61 Å². The van der Waals surface area contributed by atoms with Gasteiger partial charge in [0.1, 0.15) is 11.5 Å². The molecule has 1 aliphatic rings. The normalized spacial score (nSPS) is 13.9. The average molecular weight is 454 g/mol. The van der Waals surface area contributed by atoms with E-state index in [1.807, 2.05) is 0 Å². The van der Waals surface area contributed by atoms with E-state index in [2.05, 4.69) is 25.5 Å². The molecule has 11 heteroatoms. The van der Waals surface area contributed by atoms with Crippen molar-refractivity contribution in [2.24, 2.45) is 10.7 Å². The molecule has 168 valence electrons. The molecule has 1 amide bonds. The molecule has 0 atom stereocenters. The summed E-state index contributed by atoms with van der Waals surface area (Å²) in [5.41, 5.74) is 6.00. The van der Waals surface area contributed by atoms with Crippen molar-refractivity contribution in [2.45, 2.75) is 12.6 Å². The van der Waals surface area contributed by atoms with Gasteiger partial charge >= 0.3 is 6.18 Å². The maximum atomic E-state index is 13.5. The quantitative estimate of drug-likeness (QED) is 0.568. The zero-order valence-electron chi connectivity index (χ0n) is 17.0. The number of rotatable bonds is 5. The second-order valence-corrected chi connectivity index (χ2v) is 6.99. The van der Waals surface area contributed by atoms with Crippen molar-refractivity contribution in [3.05, 3.63) is 77.6 Å². The first kappa shape index (κ1) is 21.9. The number of benzene rings is 1. The summed E-state index contributed by atoms with van der Waals surface area (Å²) in [6.45, 7) is 0.566. The minimum Gasteiger partial charge on any atom is -0.493 e. The van der Waals surface area contributed by atoms with Gasteiger partial charge in [0.25, 0.3) is 5.91 Å². The third-order valence-corrected chi connectivity index (χ3v) is 4.66. The van der Waals surface area contributed by atoms with Crippen LogP contribution in [0.3, 0.4) is 0 Å². The molecule has 0 radical (unpaired) electrons. The zero-order valence-corrected chi connectivity index (χ0v) is 17.0. The highest BCUT2D eigenvalue weighted by Crippen LogP contribution is 2.26. The van der Waals surface area contributed by atoms with Crippen molar-refractivity contribution < 1.29 is 22.7 Å². The van der Waals surface area contributed by atoms with Gasteiger partial charge in [-0.2, -0.15) is 13.2 Å². The molecule has 2 aromatic heterocycles. The fourth-order valence-corrected chi connectivity index (χ4v) is 3.03. The van der Waals surface area contributed by atoms with Gasteiger partial charge in [-0.15, -0.1) is 10.2 Å². The number of nitrogens with zero attached hydrogens (tertiary/aromatic N) is 4. The molecule has 0 bridgehead atoms. The maximum Gasteiger partial charge on any atom is 0.433 e. The van der Waals surface area contributed by atoms with Gasteiger partial charge in [0, 0.05) is 35.6 Å². The van der Waals surface area contributed by atoms with Crippen molar-refractivity contribution in [2.75, 3.05) is 11.9 Å². The molecule has 0 saturated carbocycles. The second kappa shape index (κ2) is 9.07. The van der Waals surface area contributed by atoms with Crippen LogP contribution < -0.4 is 15.8 Å². The van der Waals surface area contributed by atoms with Gasteiger partial charge in [-0.25, -0.2) is 4.99 Å². The monoisotopic (exact) mass is 454 g/mol. The van der Waals surface area contributed by atoms with Crippen LogP contribution in [0.1, 0.15) is 21.5 Å². The van der Waals surface area contributed by atoms with Gasteiger partial charge in [0.2, 0.25) is 0 Å². The van der Waals surface area contributed by atoms with Crippen LogP contribution in [0, 0.1) is 0 Å². The van der Waals surface area contributed by atoms with Crippen LogP contribution >= 0.6 is 0 Å². The predicted molar refractivity (Wildman–Crippen MR) is 115 cm³/mol. The minimum atomic E-state index is -4.78. The molecule has 1 aliphatic heterocycles. The first-order valence-electron chi connectivity index (χ1n) is 9.74. The van der Waals surface area contributed by atoms with Gasteiger partial charge < -0.3 is 15.8 Å². The van der Waals surface area contributed by atoms with E-state index in [-0.39, 0.29) is 17.3 Å². The third kappa shape index (κ3) is 5.32. The number of aliphatic imine (C=N–C) groups is 1. The molecular weight excluding hydrogens is 437 g/mol. The molecule has 3 aromatic rings. The first-order chi connectivity index (χ1) is 15.8. The summed E-state index contributed by atoms with van der Waals surface area (Å²) >= 11 is 0. The largest absolute Gasteiger partial charge is 0.493 e. The number of aromatic nitrogens is 3. The number of pyridine rings is 1. The Morgan fingerprint density at radius 1 is 1.15 bits per heavy atom. The summed E-state index contributed by atoms with van der Waals surface area (Å²) < 4.78 is 45.8. The lowest BCUT2D eigenvalue weighted by Gasteiger charge is -2.09. The van der Waals surface area contributed by atoms with E-state index in [0.717, 1.165) is 11.3 Å². The molecule has 8 nitrogen and oxygen atoms in total. The van der Waals surface area contributed by atoms with Crippen LogP contribution in [0.15, 0.2) is 65.9 Å². The van der Waals surface area contributed by atoms with Gasteiger partial charge in [-0.05, 0) is 54.1 Å². The molecule has 3 heterocycles. The summed E-state index contributed by atoms with van der Waals surface area (Å²) in [4.78, 5) is 19.8.